The van der Waals surface area contributed by atoms with Gasteiger partial charge in [-0.3, -0.25) is 15.4 Å². The Kier molecular flexibility index (Phi) is 7.02. The summed E-state index contributed by atoms with van der Waals surface area (Å²) in [5, 5.41) is 8.09. The van der Waals surface area contributed by atoms with Crippen LogP contribution < -0.4 is 31.3 Å². The van der Waals surface area contributed by atoms with Gasteiger partial charge in [-0.1, -0.05) is 36.4 Å². The summed E-state index contributed by atoms with van der Waals surface area (Å²) in [7, 11) is -3.64. The molecule has 0 bridgehead atoms. The molecule has 0 unspecified atom stereocenters. The van der Waals surface area contributed by atoms with E-state index in [1.54, 1.807) is 48.5 Å². The summed E-state index contributed by atoms with van der Waals surface area (Å²) in [6.45, 7) is -0.184. The number of hydrazone groups is 1. The third-order valence-corrected chi connectivity index (χ3v) is 4.56. The van der Waals surface area contributed by atoms with Gasteiger partial charge in [0, 0.05) is 0 Å². The third kappa shape index (κ3) is 6.46. The molecule has 0 aromatic heterocycles. The van der Waals surface area contributed by atoms with Crippen molar-refractivity contribution in [2.45, 2.75) is 0 Å². The molecule has 0 aliphatic rings. The summed E-state index contributed by atoms with van der Waals surface area (Å²) < 4.78 is 24.2. The van der Waals surface area contributed by atoms with Crippen LogP contribution in [0.3, 0.4) is 0 Å². The maximum absolute atomic E-state index is 13.1. The number of rotatable bonds is 8. The zero-order valence-corrected chi connectivity index (χ0v) is 14.8. The number of benzene rings is 2. The minimum absolute atomic E-state index is 0.184. The van der Waals surface area contributed by atoms with Gasteiger partial charge in [0.25, 0.3) is 0 Å². The van der Waals surface area contributed by atoms with Crippen LogP contribution in [0.25, 0.3) is 0 Å². The Labute approximate surface area is 150 Å². The van der Waals surface area contributed by atoms with Crippen LogP contribution >= 0.6 is 7.60 Å². The van der Waals surface area contributed by atoms with Crippen LogP contribution in [0.5, 0.6) is 11.5 Å². The van der Waals surface area contributed by atoms with E-state index in [2.05, 4.69) is 15.7 Å². The van der Waals surface area contributed by atoms with Crippen LogP contribution in [0.2, 0.25) is 0 Å². The van der Waals surface area contributed by atoms with E-state index in [-0.39, 0.29) is 18.8 Å². The Morgan fingerprint density at radius 2 is 1.50 bits per heavy atom. The van der Waals surface area contributed by atoms with E-state index in [1.807, 2.05) is 12.1 Å². The number of nitrogens with zero attached hydrogens (tertiary/aromatic N) is 1. The predicted molar refractivity (Wildman–Crippen MR) is 98.6 cm³/mol. The third-order valence-electron chi connectivity index (χ3n) is 2.97. The number of para-hydroxylation sites is 2. The van der Waals surface area contributed by atoms with Crippen LogP contribution in [-0.4, -0.2) is 24.7 Å². The molecular weight excluding hydrogens is 357 g/mol. The first-order valence-electron chi connectivity index (χ1n) is 7.63. The van der Waals surface area contributed by atoms with Gasteiger partial charge in [0.1, 0.15) is 17.8 Å². The molecule has 0 aliphatic carbocycles. The maximum Gasteiger partial charge on any atom is 0.444 e. The molecule has 0 atom stereocenters. The second-order valence-corrected chi connectivity index (χ2v) is 6.97. The maximum atomic E-state index is 13.1. The highest BCUT2D eigenvalue weighted by molar-refractivity contribution is 7.54. The topological polar surface area (TPSA) is 141 Å². The van der Waals surface area contributed by atoms with Crippen molar-refractivity contribution < 1.29 is 18.4 Å². The molecule has 0 radical (unpaired) electrons. The fourth-order valence-electron chi connectivity index (χ4n) is 1.89. The van der Waals surface area contributed by atoms with Crippen LogP contribution in [0, 0.1) is 0 Å². The molecule has 1 amide bonds. The molecule has 0 fully saturated rings. The van der Waals surface area contributed by atoms with Crippen molar-refractivity contribution in [1.82, 2.24) is 10.6 Å². The normalized spacial score (nSPS) is 11.6. The molecule has 0 heterocycles. The van der Waals surface area contributed by atoms with Crippen molar-refractivity contribution in [3.63, 3.8) is 0 Å². The molecule has 0 aliphatic heterocycles. The van der Waals surface area contributed by atoms with Gasteiger partial charge in [0.15, 0.2) is 0 Å². The molecule has 10 heteroatoms. The summed E-state index contributed by atoms with van der Waals surface area (Å²) >= 11 is 0. The monoisotopic (exact) mass is 377 g/mol. The molecule has 0 saturated carbocycles. The molecule has 0 saturated heterocycles. The van der Waals surface area contributed by atoms with E-state index in [0.29, 0.717) is 11.5 Å². The second kappa shape index (κ2) is 9.45. The van der Waals surface area contributed by atoms with Crippen molar-refractivity contribution in [3.05, 3.63) is 60.7 Å². The Morgan fingerprint density at radius 3 is 1.96 bits per heavy atom. The van der Waals surface area contributed by atoms with Crippen molar-refractivity contribution in [3.8, 4) is 11.5 Å². The number of amides is 1. The van der Waals surface area contributed by atoms with E-state index in [1.165, 1.54) is 0 Å². The lowest BCUT2D eigenvalue weighted by Gasteiger charge is -2.20. The molecule has 0 spiro atoms. The summed E-state index contributed by atoms with van der Waals surface area (Å²) in [4.78, 5) is 11.7. The molecule has 2 rings (SSSR count). The van der Waals surface area contributed by atoms with Crippen LogP contribution in [0.1, 0.15) is 0 Å². The van der Waals surface area contributed by atoms with Gasteiger partial charge in [-0.25, -0.2) is 4.57 Å². The highest BCUT2D eigenvalue weighted by Gasteiger charge is 2.28. The van der Waals surface area contributed by atoms with E-state index < -0.39 is 13.5 Å². The van der Waals surface area contributed by atoms with Gasteiger partial charge in [-0.05, 0) is 24.3 Å². The average molecular weight is 377 g/mol. The first-order chi connectivity index (χ1) is 12.5. The number of carbonyl (C=O) groups is 1. The number of hydrogen-bond donors (Lipinski definition) is 4. The first kappa shape index (κ1) is 19.3. The van der Waals surface area contributed by atoms with Crippen LogP contribution in [-0.2, 0) is 9.36 Å². The molecular formula is C16H20N5O4P. The predicted octanol–water partition coefficient (Wildman–Crippen LogP) is 1.19. The van der Waals surface area contributed by atoms with Crippen LogP contribution in [0.15, 0.2) is 65.8 Å². The zero-order chi connectivity index (χ0) is 18.8. The van der Waals surface area contributed by atoms with Crippen molar-refractivity contribution in [2.24, 2.45) is 16.7 Å². The number of carbonyl (C=O) groups excluding carboxylic acids is 1. The SMILES string of the molecule is N/N=C(\N)NC(=O)CNCP(=O)(Oc1ccccc1)Oc1ccccc1. The van der Waals surface area contributed by atoms with Crippen LogP contribution in [0.4, 0.5) is 0 Å². The minimum atomic E-state index is -3.64. The Hall–Kier alpha value is -3.03. The second-order valence-electron chi connectivity index (χ2n) is 5.07. The number of hydrogen-bond acceptors (Lipinski definition) is 7. The fourth-order valence-corrected chi connectivity index (χ4v) is 3.33. The van der Waals surface area contributed by atoms with Crippen molar-refractivity contribution in [1.29, 1.82) is 0 Å². The lowest BCUT2D eigenvalue weighted by molar-refractivity contribution is -0.118. The number of guanidine groups is 1. The lowest BCUT2D eigenvalue weighted by Crippen LogP contribution is -2.42. The van der Waals surface area contributed by atoms with Crippen molar-refractivity contribution >= 4 is 19.5 Å². The highest BCUT2D eigenvalue weighted by atomic mass is 31.2. The van der Waals surface area contributed by atoms with Gasteiger partial charge in [0.05, 0.1) is 6.54 Å². The number of nitrogens with one attached hydrogen (secondary N) is 2. The van der Waals surface area contributed by atoms with Crippen molar-refractivity contribution in [2.75, 3.05) is 12.8 Å². The van der Waals surface area contributed by atoms with Gasteiger partial charge in [0.2, 0.25) is 11.9 Å². The van der Waals surface area contributed by atoms with Gasteiger partial charge >= 0.3 is 7.60 Å². The largest absolute Gasteiger partial charge is 0.444 e. The fraction of sp³-hybridized carbons (Fsp3) is 0.125. The van der Waals surface area contributed by atoms with Gasteiger partial charge in [-0.2, -0.15) is 0 Å². The summed E-state index contributed by atoms with van der Waals surface area (Å²) in [5.74, 6) is 4.99. The van der Waals surface area contributed by atoms with E-state index in [0.717, 1.165) is 0 Å². The smallest absolute Gasteiger partial charge is 0.415 e. The molecule has 2 aromatic rings. The molecule has 26 heavy (non-hydrogen) atoms. The Balaban J connectivity index is 2.03. The average Bonchev–Trinajstić information content (AvgIpc) is 2.63. The first-order valence-corrected chi connectivity index (χ1v) is 9.36. The summed E-state index contributed by atoms with van der Waals surface area (Å²) in [5.41, 5.74) is 5.30. The number of nitrogens with two attached hydrogens (primary N) is 2. The summed E-state index contributed by atoms with van der Waals surface area (Å²) in [6, 6.07) is 17.2. The van der Waals surface area contributed by atoms with E-state index in [9.17, 15) is 9.36 Å². The Morgan fingerprint density at radius 1 is 1.00 bits per heavy atom. The lowest BCUT2D eigenvalue weighted by atomic mass is 10.3. The minimum Gasteiger partial charge on any atom is -0.415 e. The van der Waals surface area contributed by atoms with E-state index in [4.69, 9.17) is 20.6 Å². The highest BCUT2D eigenvalue weighted by Crippen LogP contribution is 2.47. The molecule has 2 aromatic carbocycles. The van der Waals surface area contributed by atoms with Gasteiger partial charge < -0.3 is 20.6 Å². The Bertz CT molecular complexity index is 740. The molecule has 138 valence electrons. The van der Waals surface area contributed by atoms with Gasteiger partial charge in [-0.15, -0.1) is 5.10 Å². The zero-order valence-electron chi connectivity index (χ0n) is 13.9. The molecule has 9 nitrogen and oxygen atoms in total. The summed E-state index contributed by atoms with van der Waals surface area (Å²) in [6.07, 6.45) is -0.204. The quantitative estimate of drug-likeness (QED) is 0.178. The molecule has 6 N–H and O–H groups in total. The standard InChI is InChI=1S/C16H20N5O4P/c17-16(21-18)20-15(22)11-19-12-26(23,24-13-7-3-1-4-8-13)25-14-9-5-2-6-10-14/h1-10,19H,11-12,18H2,(H3,17,20,21,22). The van der Waals surface area contributed by atoms with E-state index >= 15 is 0 Å².